The Morgan fingerprint density at radius 3 is 2.24 bits per heavy atom. The van der Waals surface area contributed by atoms with Gasteiger partial charge in [-0.25, -0.2) is 0 Å². The Hall–Kier alpha value is -2.96. The van der Waals surface area contributed by atoms with Gasteiger partial charge in [0.2, 0.25) is 0 Å². The molecule has 0 N–H and O–H groups in total. The van der Waals surface area contributed by atoms with E-state index in [4.69, 9.17) is 14.2 Å². The molecule has 38 heavy (non-hydrogen) atoms. The van der Waals surface area contributed by atoms with Crippen molar-refractivity contribution < 1.29 is 23.8 Å². The van der Waals surface area contributed by atoms with E-state index in [1.165, 1.54) is 13.5 Å². The molecule has 0 unspecified atom stereocenters. The molecule has 0 radical (unpaired) electrons. The lowest BCUT2D eigenvalue weighted by Crippen LogP contribution is -2.46. The van der Waals surface area contributed by atoms with Crippen LogP contribution in [0, 0.1) is 5.92 Å². The molecular weight excluding hydrogens is 478 g/mol. The molecule has 1 saturated carbocycles. The molecule has 1 saturated heterocycles. The highest BCUT2D eigenvalue weighted by molar-refractivity contribution is 5.87. The largest absolute Gasteiger partial charge is 0.497 e. The van der Waals surface area contributed by atoms with Crippen LogP contribution in [-0.4, -0.2) is 56.1 Å². The van der Waals surface area contributed by atoms with Gasteiger partial charge in [-0.05, 0) is 74.0 Å². The second-order valence-corrected chi connectivity index (χ2v) is 10.3. The second kappa shape index (κ2) is 14.3. The fourth-order valence-electron chi connectivity index (χ4n) is 5.72. The summed E-state index contributed by atoms with van der Waals surface area (Å²) < 4.78 is 16.4. The van der Waals surface area contributed by atoms with Crippen LogP contribution in [0.3, 0.4) is 0 Å². The van der Waals surface area contributed by atoms with Gasteiger partial charge in [-0.15, -0.1) is 0 Å². The number of methoxy groups -OCH3 is 2. The van der Waals surface area contributed by atoms with Crippen molar-refractivity contribution >= 4 is 11.8 Å². The van der Waals surface area contributed by atoms with Gasteiger partial charge in [0, 0.05) is 18.8 Å². The molecule has 2 aliphatic rings. The smallest absolute Gasteiger partial charge is 0.305 e. The summed E-state index contributed by atoms with van der Waals surface area (Å²) in [6, 6.07) is 16.5. The number of hydrogen-bond donors (Lipinski definition) is 0. The third-order valence-corrected chi connectivity index (χ3v) is 7.82. The molecule has 2 aromatic carbocycles. The van der Waals surface area contributed by atoms with Crippen molar-refractivity contribution in [2.24, 2.45) is 5.92 Å². The standard InChI is InChI=1S/C32H41NO5/c1-36-27-18-16-26(17-19-27)25-14-12-24(13-15-25)23-38-30-22-29(34)32(33-20-8-5-9-21-33)28(30)10-6-3-4-7-11-31(35)37-2/h3-4,12-19,28,30,32H,5-11,20-23H2,1-2H3/t28-,30-,32+/m0/s1. The predicted octanol–water partition coefficient (Wildman–Crippen LogP) is 5.98. The highest BCUT2D eigenvalue weighted by atomic mass is 16.5. The topological polar surface area (TPSA) is 65.1 Å². The maximum Gasteiger partial charge on any atom is 0.305 e. The van der Waals surface area contributed by atoms with Crippen LogP contribution >= 0.6 is 0 Å². The van der Waals surface area contributed by atoms with Crippen LogP contribution in [0.25, 0.3) is 11.1 Å². The van der Waals surface area contributed by atoms with Gasteiger partial charge in [-0.3, -0.25) is 14.5 Å². The number of nitrogens with zero attached hydrogens (tertiary/aromatic N) is 1. The van der Waals surface area contributed by atoms with Gasteiger partial charge in [-0.1, -0.05) is 55.0 Å². The Labute approximate surface area is 227 Å². The number of ketones is 1. The monoisotopic (exact) mass is 519 g/mol. The zero-order chi connectivity index (χ0) is 26.7. The van der Waals surface area contributed by atoms with E-state index >= 15 is 0 Å². The van der Waals surface area contributed by atoms with E-state index in [0.29, 0.717) is 31.7 Å². The number of esters is 1. The highest BCUT2D eigenvalue weighted by Gasteiger charge is 2.45. The molecule has 204 valence electrons. The number of allylic oxidation sites excluding steroid dienone is 2. The summed E-state index contributed by atoms with van der Waals surface area (Å²) in [5.41, 5.74) is 3.40. The first-order valence-corrected chi connectivity index (χ1v) is 13.9. The third-order valence-electron chi connectivity index (χ3n) is 7.82. The Morgan fingerprint density at radius 2 is 1.58 bits per heavy atom. The molecule has 2 aromatic rings. The lowest BCUT2D eigenvalue weighted by atomic mass is 9.92. The Kier molecular flexibility index (Phi) is 10.5. The van der Waals surface area contributed by atoms with Gasteiger partial charge in [0.15, 0.2) is 5.78 Å². The molecule has 6 nitrogen and oxygen atoms in total. The summed E-state index contributed by atoms with van der Waals surface area (Å²) in [4.78, 5) is 26.9. The average Bonchev–Trinajstić information content (AvgIpc) is 3.28. The molecule has 4 rings (SSSR count). The molecule has 1 aliphatic carbocycles. The summed E-state index contributed by atoms with van der Waals surface area (Å²) in [6.45, 7) is 2.50. The van der Waals surface area contributed by atoms with E-state index in [0.717, 1.165) is 61.2 Å². The second-order valence-electron chi connectivity index (χ2n) is 10.3. The van der Waals surface area contributed by atoms with E-state index in [1.54, 1.807) is 7.11 Å². The molecule has 3 atom stereocenters. The molecule has 0 bridgehead atoms. The summed E-state index contributed by atoms with van der Waals surface area (Å²) in [5, 5.41) is 0. The number of Topliss-reactive ketones (excluding diaryl/α,β-unsaturated/α-hetero) is 1. The minimum Gasteiger partial charge on any atom is -0.497 e. The van der Waals surface area contributed by atoms with Crippen molar-refractivity contribution in [3.63, 3.8) is 0 Å². The number of rotatable bonds is 12. The summed E-state index contributed by atoms with van der Waals surface area (Å²) in [5.74, 6) is 1.17. The van der Waals surface area contributed by atoms with E-state index in [-0.39, 0.29) is 24.0 Å². The SMILES string of the molecule is COC(=O)CCC=CCC[C@H]1[C@@H](OCc2ccc(-c3ccc(OC)cc3)cc2)CC(=O)[C@@H]1N1CCCCC1. The zero-order valence-corrected chi connectivity index (χ0v) is 22.8. The number of carbonyl (C=O) groups is 2. The lowest BCUT2D eigenvalue weighted by molar-refractivity contribution is -0.140. The zero-order valence-electron chi connectivity index (χ0n) is 22.8. The van der Waals surface area contributed by atoms with Gasteiger partial charge in [-0.2, -0.15) is 0 Å². The molecule has 0 aromatic heterocycles. The van der Waals surface area contributed by atoms with Gasteiger partial charge in [0.25, 0.3) is 0 Å². The molecule has 2 fully saturated rings. The number of carbonyl (C=O) groups excluding carboxylic acids is 2. The van der Waals surface area contributed by atoms with Crippen LogP contribution in [0.1, 0.15) is 56.9 Å². The molecule has 0 amide bonds. The number of ether oxygens (including phenoxy) is 3. The Balaban J connectivity index is 1.36. The summed E-state index contributed by atoms with van der Waals surface area (Å²) in [6.07, 6.45) is 11.0. The van der Waals surface area contributed by atoms with Gasteiger partial charge < -0.3 is 14.2 Å². The van der Waals surface area contributed by atoms with Crippen LogP contribution in [0.5, 0.6) is 5.75 Å². The van der Waals surface area contributed by atoms with E-state index in [2.05, 4.69) is 47.4 Å². The minimum absolute atomic E-state index is 0.0405. The van der Waals surface area contributed by atoms with Crippen molar-refractivity contribution in [1.82, 2.24) is 4.90 Å². The molecule has 1 heterocycles. The maximum absolute atomic E-state index is 13.2. The van der Waals surface area contributed by atoms with Crippen molar-refractivity contribution in [2.75, 3.05) is 27.3 Å². The molecular formula is C32H41NO5. The third kappa shape index (κ3) is 7.55. The Morgan fingerprint density at radius 1 is 0.921 bits per heavy atom. The normalized spacial score (nSPS) is 22.2. The quantitative estimate of drug-likeness (QED) is 0.254. The number of hydrogen-bond acceptors (Lipinski definition) is 6. The van der Waals surface area contributed by atoms with Crippen LogP contribution in [0.2, 0.25) is 0 Å². The van der Waals surface area contributed by atoms with Crippen molar-refractivity contribution in [2.45, 2.75) is 70.1 Å². The average molecular weight is 520 g/mol. The predicted molar refractivity (Wildman–Crippen MR) is 149 cm³/mol. The van der Waals surface area contributed by atoms with E-state index < -0.39 is 0 Å². The van der Waals surface area contributed by atoms with Crippen LogP contribution < -0.4 is 4.74 Å². The van der Waals surface area contributed by atoms with Crippen molar-refractivity contribution in [1.29, 1.82) is 0 Å². The highest BCUT2D eigenvalue weighted by Crippen LogP contribution is 2.35. The minimum atomic E-state index is -0.188. The van der Waals surface area contributed by atoms with E-state index in [1.807, 2.05) is 18.2 Å². The number of benzene rings is 2. The van der Waals surface area contributed by atoms with Crippen LogP contribution in [0.4, 0.5) is 0 Å². The molecule has 6 heteroatoms. The maximum atomic E-state index is 13.2. The molecule has 1 aliphatic heterocycles. The van der Waals surface area contributed by atoms with Gasteiger partial charge >= 0.3 is 5.97 Å². The lowest BCUT2D eigenvalue weighted by Gasteiger charge is -2.35. The van der Waals surface area contributed by atoms with Gasteiger partial charge in [0.05, 0.1) is 33.0 Å². The fourth-order valence-corrected chi connectivity index (χ4v) is 5.72. The van der Waals surface area contributed by atoms with E-state index in [9.17, 15) is 9.59 Å². The van der Waals surface area contributed by atoms with Crippen molar-refractivity contribution in [3.05, 3.63) is 66.2 Å². The fraction of sp³-hybridized carbons (Fsp3) is 0.500. The number of piperidine rings is 1. The van der Waals surface area contributed by atoms with Crippen LogP contribution in [0.15, 0.2) is 60.7 Å². The summed E-state index contributed by atoms with van der Waals surface area (Å²) >= 11 is 0. The van der Waals surface area contributed by atoms with Gasteiger partial charge in [0.1, 0.15) is 5.75 Å². The summed E-state index contributed by atoms with van der Waals surface area (Å²) in [7, 11) is 3.09. The Bertz CT molecular complexity index is 1060. The van der Waals surface area contributed by atoms with Crippen molar-refractivity contribution in [3.8, 4) is 16.9 Å². The molecule has 0 spiro atoms. The number of likely N-dealkylation sites (tertiary alicyclic amines) is 1. The first kappa shape index (κ1) is 28.1. The first-order valence-electron chi connectivity index (χ1n) is 13.9. The van der Waals surface area contributed by atoms with Crippen LogP contribution in [-0.2, 0) is 25.7 Å². The first-order chi connectivity index (χ1) is 18.6.